The highest BCUT2D eigenvalue weighted by Crippen LogP contribution is 2.11. The Bertz CT molecular complexity index is 601. The van der Waals surface area contributed by atoms with Crippen LogP contribution in [0, 0.1) is 0 Å². The molecule has 1 N–H and O–H groups in total. The first-order chi connectivity index (χ1) is 11.2. The smallest absolute Gasteiger partial charge is 0.324 e. The molecule has 0 radical (unpaired) electrons. The lowest BCUT2D eigenvalue weighted by molar-refractivity contribution is -0.146. The molecule has 2 aromatic carbocycles. The normalized spacial score (nSPS) is 11.7. The SMILES string of the molecule is COc1ccc(CN[C@@H](CS)C(=O)OCc2ccccc2)cc1. The fourth-order valence-corrected chi connectivity index (χ4v) is 2.31. The van der Waals surface area contributed by atoms with Gasteiger partial charge in [-0.15, -0.1) is 0 Å². The van der Waals surface area contributed by atoms with E-state index in [0.29, 0.717) is 12.3 Å². The Balaban J connectivity index is 1.82. The Labute approximate surface area is 142 Å². The van der Waals surface area contributed by atoms with Crippen LogP contribution in [0.3, 0.4) is 0 Å². The highest BCUT2D eigenvalue weighted by molar-refractivity contribution is 7.80. The van der Waals surface area contributed by atoms with E-state index in [9.17, 15) is 4.79 Å². The number of carbonyl (C=O) groups excluding carboxylic acids is 1. The summed E-state index contributed by atoms with van der Waals surface area (Å²) in [6, 6.07) is 16.9. The van der Waals surface area contributed by atoms with E-state index in [1.165, 1.54) is 0 Å². The molecule has 0 aliphatic carbocycles. The van der Waals surface area contributed by atoms with Crippen LogP contribution in [0.15, 0.2) is 54.6 Å². The summed E-state index contributed by atoms with van der Waals surface area (Å²) in [5, 5.41) is 3.17. The van der Waals surface area contributed by atoms with Crippen molar-refractivity contribution >= 4 is 18.6 Å². The zero-order valence-corrected chi connectivity index (χ0v) is 14.0. The maximum atomic E-state index is 12.1. The van der Waals surface area contributed by atoms with Gasteiger partial charge in [0.05, 0.1) is 7.11 Å². The Hall–Kier alpha value is -1.98. The molecule has 0 saturated carbocycles. The van der Waals surface area contributed by atoms with Crippen molar-refractivity contribution < 1.29 is 14.3 Å². The fraction of sp³-hybridized carbons (Fsp3) is 0.278. The van der Waals surface area contributed by atoms with E-state index in [-0.39, 0.29) is 12.6 Å². The van der Waals surface area contributed by atoms with Gasteiger partial charge in [0.25, 0.3) is 0 Å². The van der Waals surface area contributed by atoms with E-state index in [0.717, 1.165) is 16.9 Å². The molecule has 2 rings (SSSR count). The van der Waals surface area contributed by atoms with Crippen LogP contribution >= 0.6 is 12.6 Å². The van der Waals surface area contributed by atoms with Gasteiger partial charge in [-0.3, -0.25) is 10.1 Å². The average molecular weight is 331 g/mol. The Morgan fingerprint density at radius 1 is 1.09 bits per heavy atom. The van der Waals surface area contributed by atoms with E-state index in [4.69, 9.17) is 9.47 Å². The standard InChI is InChI=1S/C18H21NO3S/c1-21-16-9-7-14(8-10-16)11-19-17(13-23)18(20)22-12-15-5-3-2-4-6-15/h2-10,17,19,23H,11-13H2,1H3/t17-/m0/s1. The third-order valence-corrected chi connectivity index (χ3v) is 3.77. The van der Waals surface area contributed by atoms with E-state index in [1.807, 2.05) is 54.6 Å². The van der Waals surface area contributed by atoms with Crippen LogP contribution in [0.2, 0.25) is 0 Å². The number of nitrogens with one attached hydrogen (secondary N) is 1. The highest BCUT2D eigenvalue weighted by atomic mass is 32.1. The number of hydrogen-bond acceptors (Lipinski definition) is 5. The maximum Gasteiger partial charge on any atom is 0.324 e. The monoisotopic (exact) mass is 331 g/mol. The van der Waals surface area contributed by atoms with Gasteiger partial charge in [-0.1, -0.05) is 42.5 Å². The molecule has 2 aromatic rings. The lowest BCUT2D eigenvalue weighted by Crippen LogP contribution is -2.39. The van der Waals surface area contributed by atoms with Crippen molar-refractivity contribution in [1.82, 2.24) is 5.32 Å². The van der Waals surface area contributed by atoms with Crippen LogP contribution in [-0.4, -0.2) is 24.9 Å². The molecule has 0 heterocycles. The summed E-state index contributed by atoms with van der Waals surface area (Å²) < 4.78 is 10.5. The molecule has 0 saturated heterocycles. The summed E-state index contributed by atoms with van der Waals surface area (Å²) >= 11 is 4.23. The first kappa shape index (κ1) is 17.4. The van der Waals surface area contributed by atoms with E-state index in [2.05, 4.69) is 17.9 Å². The van der Waals surface area contributed by atoms with E-state index in [1.54, 1.807) is 7.11 Å². The molecule has 5 heteroatoms. The summed E-state index contributed by atoms with van der Waals surface area (Å²) in [6.45, 7) is 0.837. The minimum atomic E-state index is -0.441. The van der Waals surface area contributed by atoms with Crippen LogP contribution in [0.25, 0.3) is 0 Å². The number of methoxy groups -OCH3 is 1. The van der Waals surface area contributed by atoms with Crippen LogP contribution in [0.1, 0.15) is 11.1 Å². The van der Waals surface area contributed by atoms with Gasteiger partial charge in [-0.2, -0.15) is 12.6 Å². The van der Waals surface area contributed by atoms with Gasteiger partial charge >= 0.3 is 5.97 Å². The van der Waals surface area contributed by atoms with Gasteiger partial charge in [0.15, 0.2) is 0 Å². The lowest BCUT2D eigenvalue weighted by atomic mass is 10.2. The Kier molecular flexibility index (Phi) is 6.97. The predicted molar refractivity (Wildman–Crippen MR) is 93.7 cm³/mol. The third-order valence-electron chi connectivity index (χ3n) is 3.40. The zero-order chi connectivity index (χ0) is 16.5. The molecule has 0 bridgehead atoms. The first-order valence-corrected chi connectivity index (χ1v) is 8.04. The van der Waals surface area contributed by atoms with Crippen LogP contribution in [-0.2, 0) is 22.7 Å². The molecule has 4 nitrogen and oxygen atoms in total. The summed E-state index contributed by atoms with van der Waals surface area (Å²) in [5.74, 6) is 0.892. The third kappa shape index (κ3) is 5.62. The Morgan fingerprint density at radius 3 is 2.39 bits per heavy atom. The van der Waals surface area contributed by atoms with Crippen LogP contribution in [0.5, 0.6) is 5.75 Å². The first-order valence-electron chi connectivity index (χ1n) is 7.40. The van der Waals surface area contributed by atoms with Gasteiger partial charge < -0.3 is 9.47 Å². The number of carbonyl (C=O) groups is 1. The second-order valence-electron chi connectivity index (χ2n) is 5.06. The quantitative estimate of drug-likeness (QED) is 0.577. The van der Waals surface area contributed by atoms with E-state index >= 15 is 0 Å². The van der Waals surface area contributed by atoms with Gasteiger partial charge in [0.1, 0.15) is 18.4 Å². The van der Waals surface area contributed by atoms with E-state index < -0.39 is 6.04 Å². The minimum absolute atomic E-state index is 0.272. The van der Waals surface area contributed by atoms with Crippen LogP contribution in [0.4, 0.5) is 0 Å². The van der Waals surface area contributed by atoms with Crippen molar-refractivity contribution in [3.05, 3.63) is 65.7 Å². The molecule has 0 fully saturated rings. The second kappa shape index (κ2) is 9.22. The number of ether oxygens (including phenoxy) is 2. The molecule has 0 spiro atoms. The van der Waals surface area contributed by atoms with Crippen molar-refractivity contribution in [3.8, 4) is 5.75 Å². The van der Waals surface area contributed by atoms with Crippen molar-refractivity contribution in [2.75, 3.05) is 12.9 Å². The zero-order valence-electron chi connectivity index (χ0n) is 13.1. The molecule has 23 heavy (non-hydrogen) atoms. The van der Waals surface area contributed by atoms with Crippen molar-refractivity contribution in [2.45, 2.75) is 19.2 Å². The number of thiol groups is 1. The number of hydrogen-bond donors (Lipinski definition) is 2. The summed E-state index contributed by atoms with van der Waals surface area (Å²) in [6.07, 6.45) is 0. The summed E-state index contributed by atoms with van der Waals surface area (Å²) in [7, 11) is 1.63. The van der Waals surface area contributed by atoms with Gasteiger partial charge in [-0.05, 0) is 23.3 Å². The van der Waals surface area contributed by atoms with Gasteiger partial charge in [-0.25, -0.2) is 0 Å². The van der Waals surface area contributed by atoms with Gasteiger partial charge in [0, 0.05) is 12.3 Å². The molecule has 122 valence electrons. The van der Waals surface area contributed by atoms with Crippen LogP contribution < -0.4 is 10.1 Å². The van der Waals surface area contributed by atoms with Gasteiger partial charge in [0.2, 0.25) is 0 Å². The number of benzene rings is 2. The van der Waals surface area contributed by atoms with Crippen molar-refractivity contribution in [2.24, 2.45) is 0 Å². The fourth-order valence-electron chi connectivity index (χ4n) is 2.04. The molecular weight excluding hydrogens is 310 g/mol. The molecule has 0 unspecified atom stereocenters. The minimum Gasteiger partial charge on any atom is -0.497 e. The molecule has 0 aliphatic heterocycles. The van der Waals surface area contributed by atoms with Crippen molar-refractivity contribution in [3.63, 3.8) is 0 Å². The molecule has 0 aliphatic rings. The highest BCUT2D eigenvalue weighted by Gasteiger charge is 2.17. The number of rotatable bonds is 8. The molecular formula is C18H21NO3S. The second-order valence-corrected chi connectivity index (χ2v) is 5.42. The largest absolute Gasteiger partial charge is 0.497 e. The number of esters is 1. The summed E-state index contributed by atoms with van der Waals surface area (Å²) in [5.41, 5.74) is 2.03. The Morgan fingerprint density at radius 2 is 1.78 bits per heavy atom. The average Bonchev–Trinajstić information content (AvgIpc) is 2.62. The van der Waals surface area contributed by atoms with Crippen molar-refractivity contribution in [1.29, 1.82) is 0 Å². The molecule has 0 aromatic heterocycles. The molecule has 1 atom stereocenters. The lowest BCUT2D eigenvalue weighted by Gasteiger charge is -2.16. The summed E-state index contributed by atoms with van der Waals surface area (Å²) in [4.78, 5) is 12.1. The topological polar surface area (TPSA) is 47.6 Å². The predicted octanol–water partition coefficient (Wildman–Crippen LogP) is 2.83. The maximum absolute atomic E-state index is 12.1. The molecule has 0 amide bonds.